The van der Waals surface area contributed by atoms with Crippen LogP contribution >= 0.6 is 0 Å². The second-order valence-corrected chi connectivity index (χ2v) is 8.97. The largest absolute Gasteiger partial charge is 0.341 e. The zero-order valence-electron chi connectivity index (χ0n) is 20.2. The molecular formula is C26H26N8O2. The van der Waals surface area contributed by atoms with Crippen molar-refractivity contribution in [2.24, 2.45) is 12.8 Å². The molecule has 5 rings (SSSR count). The van der Waals surface area contributed by atoms with E-state index in [1.54, 1.807) is 30.7 Å². The highest BCUT2D eigenvalue weighted by Crippen LogP contribution is 2.23. The molecule has 0 saturated carbocycles. The highest BCUT2D eigenvalue weighted by atomic mass is 16.2. The van der Waals surface area contributed by atoms with Crippen molar-refractivity contribution in [2.75, 3.05) is 18.0 Å². The molecule has 0 amide bonds. The van der Waals surface area contributed by atoms with Crippen LogP contribution in [0.25, 0.3) is 22.1 Å². The molecule has 182 valence electrons. The zero-order chi connectivity index (χ0) is 25.4. The van der Waals surface area contributed by atoms with E-state index in [1.807, 2.05) is 18.2 Å². The molecule has 1 fully saturated rings. The van der Waals surface area contributed by atoms with Crippen LogP contribution in [0.3, 0.4) is 0 Å². The number of hydrogen-bond donors (Lipinski definition) is 1. The average molecular weight is 483 g/mol. The first-order valence-electron chi connectivity index (χ1n) is 11.8. The van der Waals surface area contributed by atoms with Gasteiger partial charge < -0.3 is 10.6 Å². The monoisotopic (exact) mass is 482 g/mol. The fourth-order valence-electron chi connectivity index (χ4n) is 4.81. The molecule has 1 atom stereocenters. The van der Waals surface area contributed by atoms with Gasteiger partial charge in [0.25, 0.3) is 5.56 Å². The van der Waals surface area contributed by atoms with Gasteiger partial charge in [0, 0.05) is 31.6 Å². The molecule has 1 unspecified atom stereocenters. The van der Waals surface area contributed by atoms with Crippen LogP contribution in [0.2, 0.25) is 0 Å². The molecule has 4 aromatic rings. The number of aryl methyl sites for hydroxylation is 1. The van der Waals surface area contributed by atoms with Gasteiger partial charge in [-0.05, 0) is 31.9 Å². The first-order valence-corrected chi connectivity index (χ1v) is 11.8. The summed E-state index contributed by atoms with van der Waals surface area (Å²) in [7, 11) is 1.60. The highest BCUT2D eigenvalue weighted by molar-refractivity contribution is 5.84. The summed E-state index contributed by atoms with van der Waals surface area (Å²) in [5, 5.41) is 10.4. The number of nitrogens with zero attached hydrogens (tertiary/aromatic N) is 7. The summed E-state index contributed by atoms with van der Waals surface area (Å²) in [4.78, 5) is 38.5. The van der Waals surface area contributed by atoms with Crippen molar-refractivity contribution in [3.05, 3.63) is 62.4 Å². The maximum absolute atomic E-state index is 13.8. The van der Waals surface area contributed by atoms with Crippen molar-refractivity contribution in [1.29, 1.82) is 5.26 Å². The number of anilines is 1. The summed E-state index contributed by atoms with van der Waals surface area (Å²) in [5.41, 5.74) is 7.35. The molecule has 0 spiro atoms. The minimum absolute atomic E-state index is 0.0121. The lowest BCUT2D eigenvalue weighted by Gasteiger charge is -2.31. The molecule has 3 aromatic heterocycles. The summed E-state index contributed by atoms with van der Waals surface area (Å²) in [6, 6.07) is 11.1. The van der Waals surface area contributed by atoms with E-state index in [0.29, 0.717) is 40.4 Å². The quantitative estimate of drug-likeness (QED) is 0.435. The second kappa shape index (κ2) is 9.33. The smallest absolute Gasteiger partial charge is 0.332 e. The predicted molar refractivity (Wildman–Crippen MR) is 138 cm³/mol. The Labute approximate surface area is 207 Å². The number of piperidine rings is 1. The van der Waals surface area contributed by atoms with E-state index in [1.165, 1.54) is 4.57 Å². The topological polar surface area (TPSA) is 128 Å². The van der Waals surface area contributed by atoms with Crippen LogP contribution in [0, 0.1) is 23.2 Å². The van der Waals surface area contributed by atoms with Crippen LogP contribution in [0.5, 0.6) is 0 Å². The number of pyridine rings is 1. The van der Waals surface area contributed by atoms with Gasteiger partial charge in [0.1, 0.15) is 0 Å². The van der Waals surface area contributed by atoms with Crippen LogP contribution in [-0.2, 0) is 20.1 Å². The first-order chi connectivity index (χ1) is 17.4. The molecule has 2 N–H and O–H groups in total. The van der Waals surface area contributed by atoms with Crippen molar-refractivity contribution >= 4 is 28.0 Å². The maximum atomic E-state index is 13.8. The Morgan fingerprint density at radius 3 is 2.75 bits per heavy atom. The number of nitrogens with two attached hydrogens (primary N) is 1. The van der Waals surface area contributed by atoms with Gasteiger partial charge in [-0.25, -0.2) is 4.79 Å². The minimum Gasteiger partial charge on any atom is -0.341 e. The Morgan fingerprint density at radius 2 is 2.00 bits per heavy atom. The number of nitriles is 1. The van der Waals surface area contributed by atoms with Crippen molar-refractivity contribution in [3.8, 4) is 17.9 Å². The summed E-state index contributed by atoms with van der Waals surface area (Å²) < 4.78 is 4.30. The van der Waals surface area contributed by atoms with Crippen LogP contribution in [0.4, 0.5) is 5.95 Å². The molecule has 36 heavy (non-hydrogen) atoms. The van der Waals surface area contributed by atoms with E-state index >= 15 is 0 Å². The van der Waals surface area contributed by atoms with E-state index in [4.69, 9.17) is 10.7 Å². The maximum Gasteiger partial charge on any atom is 0.332 e. The third-order valence-corrected chi connectivity index (χ3v) is 6.58. The lowest BCUT2D eigenvalue weighted by molar-refractivity contribution is 0.496. The van der Waals surface area contributed by atoms with Crippen molar-refractivity contribution < 1.29 is 0 Å². The Kier molecular flexibility index (Phi) is 6.05. The molecule has 10 nitrogen and oxygen atoms in total. The lowest BCUT2D eigenvalue weighted by Crippen LogP contribution is -2.44. The molecule has 0 bridgehead atoms. The Bertz CT molecular complexity index is 1710. The number of fused-ring (bicyclic) bond motifs is 2. The fourth-order valence-corrected chi connectivity index (χ4v) is 4.81. The Morgan fingerprint density at radius 1 is 1.19 bits per heavy atom. The third-order valence-electron chi connectivity index (χ3n) is 6.58. The molecule has 4 heterocycles. The molecule has 0 radical (unpaired) electrons. The summed E-state index contributed by atoms with van der Waals surface area (Å²) in [5.74, 6) is 6.50. The van der Waals surface area contributed by atoms with E-state index in [2.05, 4.69) is 27.8 Å². The van der Waals surface area contributed by atoms with E-state index in [-0.39, 0.29) is 19.1 Å². The van der Waals surface area contributed by atoms with Crippen LogP contribution < -0.4 is 21.9 Å². The van der Waals surface area contributed by atoms with E-state index in [0.717, 1.165) is 29.3 Å². The Balaban J connectivity index is 1.70. The molecule has 1 aliphatic heterocycles. The fraction of sp³-hybridized carbons (Fsp3) is 0.346. The number of hydrogen-bond acceptors (Lipinski definition) is 7. The zero-order valence-corrected chi connectivity index (χ0v) is 20.2. The van der Waals surface area contributed by atoms with Gasteiger partial charge in [0.2, 0.25) is 5.95 Å². The minimum atomic E-state index is -0.505. The van der Waals surface area contributed by atoms with Crippen LogP contribution in [0.1, 0.15) is 31.0 Å². The van der Waals surface area contributed by atoms with Gasteiger partial charge in [-0.15, -0.1) is 5.92 Å². The third kappa shape index (κ3) is 3.92. The molecular weight excluding hydrogens is 456 g/mol. The average Bonchev–Trinajstić information content (AvgIpc) is 3.28. The summed E-state index contributed by atoms with van der Waals surface area (Å²) in [6.07, 6.45) is 1.85. The number of benzene rings is 1. The van der Waals surface area contributed by atoms with Crippen molar-refractivity contribution in [3.63, 3.8) is 0 Å². The van der Waals surface area contributed by atoms with Gasteiger partial charge in [0.05, 0.1) is 35.9 Å². The van der Waals surface area contributed by atoms with Gasteiger partial charge in [0.15, 0.2) is 11.2 Å². The van der Waals surface area contributed by atoms with E-state index < -0.39 is 11.2 Å². The van der Waals surface area contributed by atoms with Crippen LogP contribution in [0.15, 0.2) is 39.9 Å². The lowest BCUT2D eigenvalue weighted by atomic mass is 10.1. The SMILES string of the molecule is CC#CCn1c(N2CCCC(N)C2)nc2c1c(=O)n(Cc1cc(C#N)c3ccccc3n1)c(=O)n2C. The summed E-state index contributed by atoms with van der Waals surface area (Å²) >= 11 is 0. The molecule has 10 heteroatoms. The van der Waals surface area contributed by atoms with Crippen molar-refractivity contribution in [1.82, 2.24) is 23.7 Å². The van der Waals surface area contributed by atoms with Gasteiger partial charge in [-0.2, -0.15) is 10.2 Å². The molecule has 0 aliphatic carbocycles. The van der Waals surface area contributed by atoms with Crippen LogP contribution in [-0.4, -0.2) is 42.8 Å². The summed E-state index contributed by atoms with van der Waals surface area (Å²) in [6.45, 7) is 3.30. The molecule has 1 aliphatic rings. The van der Waals surface area contributed by atoms with Gasteiger partial charge >= 0.3 is 5.69 Å². The van der Waals surface area contributed by atoms with E-state index in [9.17, 15) is 14.9 Å². The normalized spacial score (nSPS) is 15.6. The molecule has 1 saturated heterocycles. The first kappa shape index (κ1) is 23.3. The second-order valence-electron chi connectivity index (χ2n) is 8.97. The molecule has 1 aromatic carbocycles. The number of para-hydroxylation sites is 1. The van der Waals surface area contributed by atoms with Gasteiger partial charge in [-0.3, -0.25) is 23.5 Å². The number of aromatic nitrogens is 5. The number of imidazole rings is 1. The Hall–Kier alpha value is -4.41. The van der Waals surface area contributed by atoms with Crippen molar-refractivity contribution in [2.45, 2.75) is 38.9 Å². The number of rotatable bonds is 4. The standard InChI is InChI=1S/C26H26N8O2/c1-3-4-12-33-22-23(30-25(33)32-11-7-8-18(28)15-32)31(2)26(36)34(24(22)35)16-19-13-17(14-27)20-9-5-6-10-21(20)29-19/h5-6,9-10,13,18H,7-8,11-12,15-16,28H2,1-2H3. The predicted octanol–water partition coefficient (Wildman–Crippen LogP) is 1.32. The van der Waals surface area contributed by atoms with Gasteiger partial charge in [-0.1, -0.05) is 24.1 Å². The highest BCUT2D eigenvalue weighted by Gasteiger charge is 2.26.